The Hall–Kier alpha value is -0.670. The first-order valence-corrected chi connectivity index (χ1v) is 3.95. The number of carbonyl (C=O) groups is 1. The molecule has 0 atom stereocenters. The van der Waals surface area contributed by atoms with Crippen molar-refractivity contribution in [2.24, 2.45) is 0 Å². The first-order valence-electron chi connectivity index (χ1n) is 3.20. The number of rotatable bonds is 0. The summed E-state index contributed by atoms with van der Waals surface area (Å²) in [6, 6.07) is 3.20. The molecule has 0 aliphatic carbocycles. The highest BCUT2D eigenvalue weighted by Crippen LogP contribution is 2.12. The second-order valence-corrected chi connectivity index (χ2v) is 3.00. The Balaban J connectivity index is 0.000000310. The minimum absolute atomic E-state index is 0.203. The van der Waals surface area contributed by atoms with Gasteiger partial charge in [0.15, 0.2) is 11.6 Å². The maximum absolute atomic E-state index is 12.1. The van der Waals surface area contributed by atoms with Crippen LogP contribution >= 0.6 is 23.2 Å². The molecule has 0 heterocycles. The highest BCUT2D eigenvalue weighted by atomic mass is 35.5. The van der Waals surface area contributed by atoms with E-state index in [0.29, 0.717) is 0 Å². The lowest BCUT2D eigenvalue weighted by molar-refractivity contribution is -0.109. The van der Waals surface area contributed by atoms with Crippen molar-refractivity contribution in [2.45, 2.75) is 6.92 Å². The molecule has 13 heavy (non-hydrogen) atoms. The first kappa shape index (κ1) is 12.3. The summed E-state index contributed by atoms with van der Waals surface area (Å²) < 4.78 is 24.2. The molecule has 0 radical (unpaired) electrons. The summed E-state index contributed by atoms with van der Waals surface area (Å²) in [5.41, 5.74) is 0. The molecule has 0 saturated carbocycles. The Labute approximate surface area is 84.3 Å². The molecule has 0 aliphatic rings. The normalized spacial score (nSPS) is 8.69. The molecule has 0 aliphatic heterocycles. The molecule has 1 nitrogen and oxygen atoms in total. The zero-order valence-corrected chi connectivity index (χ0v) is 8.16. The Morgan fingerprint density at radius 3 is 2.08 bits per heavy atom. The Morgan fingerprint density at radius 2 is 1.77 bits per heavy atom. The second kappa shape index (κ2) is 5.89. The van der Waals surface area contributed by atoms with Crippen LogP contribution in [0.1, 0.15) is 6.92 Å². The van der Waals surface area contributed by atoms with E-state index in [1.54, 1.807) is 0 Å². The lowest BCUT2D eigenvalue weighted by atomic mass is 10.3. The van der Waals surface area contributed by atoms with Gasteiger partial charge in [-0.15, -0.1) is 0 Å². The van der Waals surface area contributed by atoms with Crippen LogP contribution in [0.4, 0.5) is 8.78 Å². The molecular formula is C8H6Cl2F2O. The maximum Gasteiger partial charge on any atom is 0.218 e. The molecule has 0 fully saturated rings. The molecule has 0 saturated heterocycles. The maximum atomic E-state index is 12.1. The van der Waals surface area contributed by atoms with Gasteiger partial charge in [-0.1, -0.05) is 11.6 Å². The molecule has 0 amide bonds. The molecule has 0 unspecified atom stereocenters. The van der Waals surface area contributed by atoms with Crippen LogP contribution in [0.2, 0.25) is 5.02 Å². The standard InChI is InChI=1S/C6H3ClF2.C2H3ClO/c7-4-1-2-5(8)6(9)3-4;1-2(3)4/h1-3H;1H3. The van der Waals surface area contributed by atoms with Crippen LogP contribution < -0.4 is 0 Å². The van der Waals surface area contributed by atoms with Gasteiger partial charge in [0.05, 0.1) is 0 Å². The summed E-state index contributed by atoms with van der Waals surface area (Å²) in [5, 5.41) is -0.158. The number of halogens is 4. The van der Waals surface area contributed by atoms with Gasteiger partial charge in [0.2, 0.25) is 5.24 Å². The van der Waals surface area contributed by atoms with Crippen molar-refractivity contribution >= 4 is 28.4 Å². The molecule has 0 bridgehead atoms. The SMILES string of the molecule is CC(=O)Cl.Fc1ccc(Cl)cc1F. The largest absolute Gasteiger partial charge is 0.282 e. The van der Waals surface area contributed by atoms with Crippen LogP contribution in [0.5, 0.6) is 0 Å². The lowest BCUT2D eigenvalue weighted by Gasteiger charge is -1.90. The zero-order chi connectivity index (χ0) is 10.4. The second-order valence-electron chi connectivity index (χ2n) is 2.03. The monoisotopic (exact) mass is 226 g/mol. The fourth-order valence-corrected chi connectivity index (χ4v) is 0.629. The first-order chi connectivity index (χ1) is 5.93. The van der Waals surface area contributed by atoms with E-state index in [-0.39, 0.29) is 10.3 Å². The van der Waals surface area contributed by atoms with Crippen LogP contribution in [-0.2, 0) is 4.79 Å². The van der Waals surface area contributed by atoms with E-state index >= 15 is 0 Å². The fraction of sp³-hybridized carbons (Fsp3) is 0.125. The third-order valence-electron chi connectivity index (χ3n) is 0.882. The number of hydrogen-bond donors (Lipinski definition) is 0. The van der Waals surface area contributed by atoms with Crippen LogP contribution in [0, 0.1) is 11.6 Å². The zero-order valence-electron chi connectivity index (χ0n) is 6.65. The van der Waals surface area contributed by atoms with Crippen molar-refractivity contribution in [3.05, 3.63) is 34.9 Å². The average molecular weight is 227 g/mol. The third kappa shape index (κ3) is 6.49. The van der Waals surface area contributed by atoms with E-state index in [4.69, 9.17) is 11.6 Å². The molecule has 1 rings (SSSR count). The van der Waals surface area contributed by atoms with Crippen LogP contribution in [-0.4, -0.2) is 5.24 Å². The van der Waals surface area contributed by atoms with E-state index in [0.717, 1.165) is 12.1 Å². The van der Waals surface area contributed by atoms with E-state index < -0.39 is 11.6 Å². The van der Waals surface area contributed by atoms with E-state index in [1.165, 1.54) is 13.0 Å². The van der Waals surface area contributed by atoms with Crippen molar-refractivity contribution in [1.82, 2.24) is 0 Å². The van der Waals surface area contributed by atoms with Gasteiger partial charge in [0.1, 0.15) is 0 Å². The summed E-state index contributed by atoms with van der Waals surface area (Å²) in [5.74, 6) is -1.79. The minimum Gasteiger partial charge on any atom is -0.282 e. The number of carbonyl (C=O) groups excluding carboxylic acids is 1. The predicted octanol–water partition coefficient (Wildman–Crippen LogP) is 3.39. The van der Waals surface area contributed by atoms with Crippen molar-refractivity contribution < 1.29 is 13.6 Å². The van der Waals surface area contributed by atoms with Crippen molar-refractivity contribution in [3.63, 3.8) is 0 Å². The molecule has 0 spiro atoms. The summed E-state index contributed by atoms with van der Waals surface area (Å²) in [7, 11) is 0. The van der Waals surface area contributed by atoms with Gasteiger partial charge in [0.25, 0.3) is 0 Å². The number of hydrogen-bond acceptors (Lipinski definition) is 1. The molecule has 1 aromatic rings. The topological polar surface area (TPSA) is 17.1 Å². The van der Waals surface area contributed by atoms with Gasteiger partial charge in [-0.25, -0.2) is 8.78 Å². The third-order valence-corrected chi connectivity index (χ3v) is 1.12. The Bertz CT molecular complexity index is 298. The highest BCUT2D eigenvalue weighted by molar-refractivity contribution is 6.62. The van der Waals surface area contributed by atoms with Gasteiger partial charge >= 0.3 is 0 Å². The van der Waals surface area contributed by atoms with Gasteiger partial charge in [-0.05, 0) is 29.8 Å². The summed E-state index contributed by atoms with van der Waals surface area (Å²) in [6.45, 7) is 1.29. The number of benzene rings is 1. The van der Waals surface area contributed by atoms with E-state index in [9.17, 15) is 13.6 Å². The Morgan fingerprint density at radius 1 is 1.31 bits per heavy atom. The Kier molecular flexibility index (Phi) is 5.58. The lowest BCUT2D eigenvalue weighted by Crippen LogP contribution is -1.79. The average Bonchev–Trinajstić information content (AvgIpc) is 1.96. The van der Waals surface area contributed by atoms with Crippen LogP contribution in [0.15, 0.2) is 18.2 Å². The summed E-state index contributed by atoms with van der Waals surface area (Å²) in [6.07, 6.45) is 0. The van der Waals surface area contributed by atoms with Gasteiger partial charge in [-0.3, -0.25) is 4.79 Å². The minimum atomic E-state index is -0.914. The molecular weight excluding hydrogens is 221 g/mol. The van der Waals surface area contributed by atoms with Crippen LogP contribution in [0.3, 0.4) is 0 Å². The quantitative estimate of drug-likeness (QED) is 0.490. The van der Waals surface area contributed by atoms with Crippen molar-refractivity contribution in [2.75, 3.05) is 0 Å². The smallest absolute Gasteiger partial charge is 0.218 e. The van der Waals surface area contributed by atoms with E-state index in [2.05, 4.69) is 11.6 Å². The van der Waals surface area contributed by atoms with Gasteiger partial charge in [-0.2, -0.15) is 0 Å². The van der Waals surface area contributed by atoms with Crippen LogP contribution in [0.25, 0.3) is 0 Å². The van der Waals surface area contributed by atoms with Gasteiger partial charge in [0, 0.05) is 11.9 Å². The molecule has 72 valence electrons. The fourth-order valence-electron chi connectivity index (χ4n) is 0.470. The molecule has 0 N–H and O–H groups in total. The predicted molar refractivity (Wildman–Crippen MR) is 47.9 cm³/mol. The van der Waals surface area contributed by atoms with Crippen molar-refractivity contribution in [1.29, 1.82) is 0 Å². The summed E-state index contributed by atoms with van der Waals surface area (Å²) >= 11 is 9.95. The molecule has 1 aromatic carbocycles. The molecule has 0 aromatic heterocycles. The highest BCUT2D eigenvalue weighted by Gasteiger charge is 1.98. The summed E-state index contributed by atoms with van der Waals surface area (Å²) in [4.78, 5) is 9.21. The van der Waals surface area contributed by atoms with E-state index in [1.807, 2.05) is 0 Å². The van der Waals surface area contributed by atoms with Crippen molar-refractivity contribution in [3.8, 4) is 0 Å². The van der Waals surface area contributed by atoms with Gasteiger partial charge < -0.3 is 0 Å². The molecule has 5 heteroatoms.